The first-order valence-electron chi connectivity index (χ1n) is 8.28. The third kappa shape index (κ3) is 3.68. The number of nitrogens with zero attached hydrogens (tertiary/aromatic N) is 1. The highest BCUT2D eigenvalue weighted by molar-refractivity contribution is 6.35. The summed E-state index contributed by atoms with van der Waals surface area (Å²) in [6.45, 7) is 2.84. The summed E-state index contributed by atoms with van der Waals surface area (Å²) >= 11 is 18.2. The molecular weight excluding hydrogens is 425 g/mol. The molecule has 1 heterocycles. The second kappa shape index (κ2) is 7.62. The Labute approximate surface area is 176 Å². The van der Waals surface area contributed by atoms with Crippen LogP contribution in [-0.4, -0.2) is 29.3 Å². The molecule has 1 aliphatic heterocycles. The van der Waals surface area contributed by atoms with Crippen molar-refractivity contribution in [3.05, 3.63) is 62.6 Å². The monoisotopic (exact) mass is 439 g/mol. The second-order valence-corrected chi connectivity index (χ2v) is 7.78. The van der Waals surface area contributed by atoms with Crippen molar-refractivity contribution in [2.75, 3.05) is 11.9 Å². The number of amides is 4. The Morgan fingerprint density at radius 3 is 2.54 bits per heavy atom. The minimum absolute atomic E-state index is 0.240. The van der Waals surface area contributed by atoms with Crippen molar-refractivity contribution in [3.63, 3.8) is 0 Å². The average molecular weight is 441 g/mol. The van der Waals surface area contributed by atoms with Crippen molar-refractivity contribution in [2.45, 2.75) is 19.4 Å². The largest absolute Gasteiger partial charge is 0.325 e. The lowest BCUT2D eigenvalue weighted by atomic mass is 9.92. The fourth-order valence-electron chi connectivity index (χ4n) is 2.99. The van der Waals surface area contributed by atoms with Crippen molar-refractivity contribution in [1.82, 2.24) is 10.2 Å². The third-order valence-corrected chi connectivity index (χ3v) is 5.55. The molecule has 4 amide bonds. The molecule has 1 fully saturated rings. The highest BCUT2D eigenvalue weighted by Gasteiger charge is 2.50. The Balaban J connectivity index is 1.80. The number of anilines is 1. The number of nitrogens with one attached hydrogen (secondary N) is 2. The van der Waals surface area contributed by atoms with Crippen LogP contribution in [0.3, 0.4) is 0 Å². The van der Waals surface area contributed by atoms with Crippen LogP contribution in [0.5, 0.6) is 0 Å². The lowest BCUT2D eigenvalue weighted by Gasteiger charge is -2.23. The van der Waals surface area contributed by atoms with E-state index in [-0.39, 0.29) is 5.02 Å². The molecule has 0 bridgehead atoms. The van der Waals surface area contributed by atoms with Crippen LogP contribution < -0.4 is 10.6 Å². The van der Waals surface area contributed by atoms with Gasteiger partial charge in [-0.1, -0.05) is 46.9 Å². The zero-order valence-electron chi connectivity index (χ0n) is 15.0. The number of carbonyl (C=O) groups is 3. The summed E-state index contributed by atoms with van der Waals surface area (Å²) in [4.78, 5) is 38.6. The maximum absolute atomic E-state index is 12.9. The van der Waals surface area contributed by atoms with Gasteiger partial charge in [-0.3, -0.25) is 14.5 Å². The molecule has 2 N–H and O–H groups in total. The van der Waals surface area contributed by atoms with Crippen LogP contribution in [0.25, 0.3) is 0 Å². The van der Waals surface area contributed by atoms with Gasteiger partial charge in [0.15, 0.2) is 0 Å². The molecule has 9 heteroatoms. The molecule has 6 nitrogen and oxygen atoms in total. The second-order valence-electron chi connectivity index (χ2n) is 6.53. The van der Waals surface area contributed by atoms with Gasteiger partial charge in [0.25, 0.3) is 5.91 Å². The number of urea groups is 1. The number of hydrogen-bond acceptors (Lipinski definition) is 3. The molecular formula is C19H16Cl3N3O3. The summed E-state index contributed by atoms with van der Waals surface area (Å²) in [5.41, 5.74) is 0.191. The summed E-state index contributed by atoms with van der Waals surface area (Å²) in [6, 6.07) is 9.02. The molecule has 3 rings (SSSR count). The number of rotatable bonds is 4. The third-order valence-electron chi connectivity index (χ3n) is 4.59. The van der Waals surface area contributed by atoms with Crippen molar-refractivity contribution in [2.24, 2.45) is 0 Å². The Kier molecular flexibility index (Phi) is 5.57. The molecule has 0 radical (unpaired) electrons. The van der Waals surface area contributed by atoms with Crippen LogP contribution in [0.15, 0.2) is 36.4 Å². The van der Waals surface area contributed by atoms with Gasteiger partial charge in [0.05, 0.1) is 0 Å². The zero-order chi connectivity index (χ0) is 20.6. The predicted octanol–water partition coefficient (Wildman–Crippen LogP) is 4.36. The van der Waals surface area contributed by atoms with E-state index in [0.717, 1.165) is 4.90 Å². The van der Waals surface area contributed by atoms with Crippen molar-refractivity contribution >= 4 is 58.3 Å². The summed E-state index contributed by atoms with van der Waals surface area (Å²) in [5.74, 6) is -1.11. The first-order chi connectivity index (χ1) is 13.1. The van der Waals surface area contributed by atoms with Gasteiger partial charge in [-0.05, 0) is 43.7 Å². The molecule has 2 aromatic rings. The Bertz CT molecular complexity index is 996. The van der Waals surface area contributed by atoms with Crippen LogP contribution in [0.4, 0.5) is 10.5 Å². The normalized spacial score (nSPS) is 19.0. The van der Waals surface area contributed by atoms with Crippen molar-refractivity contribution in [3.8, 4) is 0 Å². The molecule has 1 unspecified atom stereocenters. The number of carbonyl (C=O) groups excluding carboxylic acids is 3. The number of imide groups is 1. The van der Waals surface area contributed by atoms with Crippen LogP contribution in [0, 0.1) is 6.92 Å². The fraction of sp³-hybridized carbons (Fsp3) is 0.211. The van der Waals surface area contributed by atoms with Gasteiger partial charge >= 0.3 is 6.03 Å². The highest BCUT2D eigenvalue weighted by atomic mass is 35.5. The van der Waals surface area contributed by atoms with E-state index in [0.29, 0.717) is 26.9 Å². The topological polar surface area (TPSA) is 78.5 Å². The lowest BCUT2D eigenvalue weighted by Crippen LogP contribution is -2.42. The predicted molar refractivity (Wildman–Crippen MR) is 109 cm³/mol. The van der Waals surface area contributed by atoms with Gasteiger partial charge in [0, 0.05) is 26.3 Å². The summed E-state index contributed by atoms with van der Waals surface area (Å²) in [5, 5.41) is 6.41. The van der Waals surface area contributed by atoms with E-state index in [2.05, 4.69) is 10.6 Å². The minimum atomic E-state index is -1.40. The first kappa shape index (κ1) is 20.5. The van der Waals surface area contributed by atoms with E-state index in [9.17, 15) is 14.4 Å². The molecule has 0 saturated carbocycles. The summed E-state index contributed by atoms with van der Waals surface area (Å²) in [7, 11) is 0. The van der Waals surface area contributed by atoms with Crippen LogP contribution in [0.2, 0.25) is 15.1 Å². The Morgan fingerprint density at radius 1 is 1.14 bits per heavy atom. The van der Waals surface area contributed by atoms with E-state index < -0.39 is 29.9 Å². The number of halogens is 3. The van der Waals surface area contributed by atoms with Gasteiger partial charge in [-0.15, -0.1) is 0 Å². The number of benzene rings is 2. The quantitative estimate of drug-likeness (QED) is 0.693. The van der Waals surface area contributed by atoms with Gasteiger partial charge in [0.2, 0.25) is 5.91 Å². The molecule has 1 atom stereocenters. The van der Waals surface area contributed by atoms with Crippen LogP contribution in [0.1, 0.15) is 18.1 Å². The molecule has 146 valence electrons. The molecule has 1 aliphatic rings. The summed E-state index contributed by atoms with van der Waals surface area (Å²) in [6.07, 6.45) is 0. The van der Waals surface area contributed by atoms with E-state index in [1.165, 1.54) is 13.0 Å². The molecule has 0 aromatic heterocycles. The van der Waals surface area contributed by atoms with Crippen molar-refractivity contribution < 1.29 is 14.4 Å². The van der Waals surface area contributed by atoms with E-state index in [1.54, 1.807) is 37.3 Å². The molecule has 2 aromatic carbocycles. The Hall–Kier alpha value is -2.28. The molecule has 1 saturated heterocycles. The SMILES string of the molecule is Cc1c(Cl)cccc1NC(=O)CN1C(=O)NC(C)(c2ccc(Cl)cc2Cl)C1=O. The average Bonchev–Trinajstić information content (AvgIpc) is 2.82. The standard InChI is InChI=1S/C19H16Cl3N3O3/c1-10-13(21)4-3-5-15(10)23-16(26)9-25-17(27)19(2,24-18(25)28)12-7-6-11(20)8-14(12)22/h3-8H,9H2,1-2H3,(H,23,26)(H,24,28). The van der Waals surface area contributed by atoms with Gasteiger partial charge < -0.3 is 10.6 Å². The lowest BCUT2D eigenvalue weighted by molar-refractivity contribution is -0.133. The van der Waals surface area contributed by atoms with Gasteiger partial charge in [-0.2, -0.15) is 0 Å². The van der Waals surface area contributed by atoms with Crippen molar-refractivity contribution in [1.29, 1.82) is 0 Å². The zero-order valence-corrected chi connectivity index (χ0v) is 17.2. The van der Waals surface area contributed by atoms with E-state index >= 15 is 0 Å². The highest BCUT2D eigenvalue weighted by Crippen LogP contribution is 2.35. The maximum Gasteiger partial charge on any atom is 0.325 e. The molecule has 0 aliphatic carbocycles. The van der Waals surface area contributed by atoms with Gasteiger partial charge in [-0.25, -0.2) is 4.79 Å². The summed E-state index contributed by atoms with van der Waals surface area (Å²) < 4.78 is 0. The van der Waals surface area contributed by atoms with E-state index in [1.807, 2.05) is 0 Å². The minimum Gasteiger partial charge on any atom is -0.324 e. The van der Waals surface area contributed by atoms with Crippen LogP contribution in [-0.2, 0) is 15.1 Å². The number of hydrogen-bond donors (Lipinski definition) is 2. The van der Waals surface area contributed by atoms with Gasteiger partial charge in [0.1, 0.15) is 12.1 Å². The Morgan fingerprint density at radius 2 is 1.86 bits per heavy atom. The molecule has 28 heavy (non-hydrogen) atoms. The fourth-order valence-corrected chi connectivity index (χ4v) is 3.77. The molecule has 0 spiro atoms. The first-order valence-corrected chi connectivity index (χ1v) is 9.41. The smallest absolute Gasteiger partial charge is 0.324 e. The maximum atomic E-state index is 12.9. The van der Waals surface area contributed by atoms with Crippen LogP contribution >= 0.6 is 34.8 Å². The van der Waals surface area contributed by atoms with E-state index in [4.69, 9.17) is 34.8 Å².